The SMILES string of the molecule is CC(=O)c1ccc(F)cc1-c1c(C)c(C)c(C)c(C)c1C. The highest BCUT2D eigenvalue weighted by molar-refractivity contribution is 6.01. The summed E-state index contributed by atoms with van der Waals surface area (Å²) >= 11 is 0. The van der Waals surface area contributed by atoms with E-state index in [2.05, 4.69) is 20.8 Å². The first kappa shape index (κ1) is 15.4. The van der Waals surface area contributed by atoms with E-state index in [4.69, 9.17) is 0 Å². The number of hydrogen-bond acceptors (Lipinski definition) is 1. The fourth-order valence-corrected chi connectivity index (χ4v) is 2.93. The van der Waals surface area contributed by atoms with Crippen LogP contribution in [0.25, 0.3) is 11.1 Å². The van der Waals surface area contributed by atoms with Gasteiger partial charge in [0.05, 0.1) is 0 Å². The second-order valence-corrected chi connectivity index (χ2v) is 5.75. The molecule has 0 aliphatic heterocycles. The predicted molar refractivity (Wildman–Crippen MR) is 85.5 cm³/mol. The van der Waals surface area contributed by atoms with Gasteiger partial charge in [-0.3, -0.25) is 4.79 Å². The Morgan fingerprint density at radius 1 is 0.857 bits per heavy atom. The standard InChI is InChI=1S/C19H21FO/c1-10-11(2)13(4)19(14(5)12(10)3)18-9-16(20)7-8-17(18)15(6)21/h7-9H,1-6H3. The lowest BCUT2D eigenvalue weighted by Gasteiger charge is -2.20. The molecule has 0 unspecified atom stereocenters. The van der Waals surface area contributed by atoms with Crippen molar-refractivity contribution in [1.82, 2.24) is 0 Å². The van der Waals surface area contributed by atoms with Crippen LogP contribution in [0.15, 0.2) is 18.2 Å². The van der Waals surface area contributed by atoms with Crippen molar-refractivity contribution >= 4 is 5.78 Å². The van der Waals surface area contributed by atoms with Gasteiger partial charge in [0.25, 0.3) is 0 Å². The zero-order valence-corrected chi connectivity index (χ0v) is 13.5. The molecule has 0 aromatic heterocycles. The highest BCUT2D eigenvalue weighted by Crippen LogP contribution is 2.36. The molecule has 0 aliphatic carbocycles. The van der Waals surface area contributed by atoms with Crippen LogP contribution in [-0.4, -0.2) is 5.78 Å². The van der Waals surface area contributed by atoms with E-state index in [0.29, 0.717) is 11.1 Å². The van der Waals surface area contributed by atoms with Crippen molar-refractivity contribution in [2.24, 2.45) is 0 Å². The summed E-state index contributed by atoms with van der Waals surface area (Å²) in [4.78, 5) is 11.9. The second-order valence-electron chi connectivity index (χ2n) is 5.75. The summed E-state index contributed by atoms with van der Waals surface area (Å²) in [7, 11) is 0. The Morgan fingerprint density at radius 3 is 1.81 bits per heavy atom. The number of carbonyl (C=O) groups excluding carboxylic acids is 1. The maximum Gasteiger partial charge on any atom is 0.160 e. The van der Waals surface area contributed by atoms with Crippen LogP contribution in [-0.2, 0) is 0 Å². The van der Waals surface area contributed by atoms with Crippen LogP contribution in [0.3, 0.4) is 0 Å². The highest BCUT2D eigenvalue weighted by Gasteiger charge is 2.18. The van der Waals surface area contributed by atoms with Gasteiger partial charge in [0.1, 0.15) is 5.82 Å². The van der Waals surface area contributed by atoms with Gasteiger partial charge in [-0.05, 0) is 98.7 Å². The van der Waals surface area contributed by atoms with Crippen LogP contribution in [0.5, 0.6) is 0 Å². The molecule has 1 nitrogen and oxygen atoms in total. The topological polar surface area (TPSA) is 17.1 Å². The van der Waals surface area contributed by atoms with Crippen molar-refractivity contribution in [3.8, 4) is 11.1 Å². The Labute approximate surface area is 125 Å². The third-order valence-electron chi connectivity index (χ3n) is 4.63. The molecule has 0 fully saturated rings. The summed E-state index contributed by atoms with van der Waals surface area (Å²) < 4.78 is 13.7. The molecule has 0 N–H and O–H groups in total. The van der Waals surface area contributed by atoms with Crippen molar-refractivity contribution in [2.45, 2.75) is 41.5 Å². The largest absolute Gasteiger partial charge is 0.294 e. The molecule has 0 radical (unpaired) electrons. The zero-order chi connectivity index (χ0) is 15.9. The number of ketones is 1. The van der Waals surface area contributed by atoms with E-state index >= 15 is 0 Å². The lowest BCUT2D eigenvalue weighted by atomic mass is 9.84. The van der Waals surface area contributed by atoms with E-state index in [0.717, 1.165) is 16.7 Å². The minimum absolute atomic E-state index is 0.0420. The van der Waals surface area contributed by atoms with Gasteiger partial charge < -0.3 is 0 Å². The number of Topliss-reactive ketones (excluding diaryl/α,β-unsaturated/α-hetero) is 1. The molecule has 0 bridgehead atoms. The Bertz CT molecular complexity index is 713. The Hall–Kier alpha value is -1.96. The third-order valence-corrected chi connectivity index (χ3v) is 4.63. The van der Waals surface area contributed by atoms with Gasteiger partial charge in [-0.2, -0.15) is 0 Å². The first-order chi connectivity index (χ1) is 9.75. The van der Waals surface area contributed by atoms with Crippen LogP contribution in [0.1, 0.15) is 45.1 Å². The summed E-state index contributed by atoms with van der Waals surface area (Å²) in [5, 5.41) is 0. The molecule has 2 rings (SSSR count). The maximum absolute atomic E-state index is 13.7. The smallest absolute Gasteiger partial charge is 0.160 e. The third kappa shape index (κ3) is 2.51. The molecule has 0 saturated heterocycles. The normalized spacial score (nSPS) is 10.8. The van der Waals surface area contributed by atoms with E-state index in [1.54, 1.807) is 6.07 Å². The van der Waals surface area contributed by atoms with E-state index < -0.39 is 0 Å². The van der Waals surface area contributed by atoms with E-state index in [1.807, 2.05) is 13.8 Å². The first-order valence-electron chi connectivity index (χ1n) is 7.13. The van der Waals surface area contributed by atoms with Gasteiger partial charge in [-0.1, -0.05) is 0 Å². The molecule has 21 heavy (non-hydrogen) atoms. The molecular formula is C19H21FO. The monoisotopic (exact) mass is 284 g/mol. The van der Waals surface area contributed by atoms with Crippen molar-refractivity contribution in [1.29, 1.82) is 0 Å². The number of benzene rings is 2. The number of rotatable bonds is 2. The lowest BCUT2D eigenvalue weighted by molar-refractivity contribution is 0.101. The molecule has 110 valence electrons. The number of carbonyl (C=O) groups is 1. The minimum Gasteiger partial charge on any atom is -0.294 e. The molecule has 2 aromatic carbocycles. The molecule has 2 aromatic rings. The van der Waals surface area contributed by atoms with Crippen molar-refractivity contribution in [3.05, 3.63) is 57.4 Å². The van der Waals surface area contributed by atoms with E-state index in [9.17, 15) is 9.18 Å². The molecule has 0 spiro atoms. The Morgan fingerprint density at radius 2 is 1.33 bits per heavy atom. The van der Waals surface area contributed by atoms with Gasteiger partial charge in [0, 0.05) is 5.56 Å². The van der Waals surface area contributed by atoms with Crippen molar-refractivity contribution in [3.63, 3.8) is 0 Å². The van der Waals surface area contributed by atoms with Crippen LogP contribution in [0, 0.1) is 40.4 Å². The molecule has 2 heteroatoms. The van der Waals surface area contributed by atoms with E-state index in [-0.39, 0.29) is 11.6 Å². The van der Waals surface area contributed by atoms with Gasteiger partial charge in [-0.15, -0.1) is 0 Å². The Kier molecular flexibility index (Phi) is 3.99. The van der Waals surface area contributed by atoms with Crippen LogP contribution >= 0.6 is 0 Å². The van der Waals surface area contributed by atoms with E-state index in [1.165, 1.54) is 35.7 Å². The molecule has 0 heterocycles. The lowest BCUT2D eigenvalue weighted by Crippen LogP contribution is -2.04. The molecule has 0 saturated carbocycles. The van der Waals surface area contributed by atoms with Gasteiger partial charge in [0.15, 0.2) is 5.78 Å². The number of hydrogen-bond donors (Lipinski definition) is 0. The predicted octanol–water partition coefficient (Wildman–Crippen LogP) is 5.24. The van der Waals surface area contributed by atoms with Crippen LogP contribution < -0.4 is 0 Å². The fraction of sp³-hybridized carbons (Fsp3) is 0.316. The maximum atomic E-state index is 13.7. The molecular weight excluding hydrogens is 263 g/mol. The second kappa shape index (κ2) is 5.44. The zero-order valence-electron chi connectivity index (χ0n) is 13.5. The summed E-state index contributed by atoms with van der Waals surface area (Å²) in [6, 6.07) is 4.40. The summed E-state index contributed by atoms with van der Waals surface area (Å²) in [6.07, 6.45) is 0. The van der Waals surface area contributed by atoms with Crippen LogP contribution in [0.4, 0.5) is 4.39 Å². The summed E-state index contributed by atoms with van der Waals surface area (Å²) in [6.45, 7) is 11.9. The average Bonchev–Trinajstić information content (AvgIpc) is 2.43. The fourth-order valence-electron chi connectivity index (χ4n) is 2.93. The number of halogens is 1. The highest BCUT2D eigenvalue weighted by atomic mass is 19.1. The average molecular weight is 284 g/mol. The summed E-state index contributed by atoms with van der Waals surface area (Å²) in [5.74, 6) is -0.357. The summed E-state index contributed by atoms with van der Waals surface area (Å²) in [5.41, 5.74) is 8.15. The van der Waals surface area contributed by atoms with Crippen LogP contribution in [0.2, 0.25) is 0 Å². The van der Waals surface area contributed by atoms with Crippen molar-refractivity contribution in [2.75, 3.05) is 0 Å². The molecule has 0 atom stereocenters. The van der Waals surface area contributed by atoms with Gasteiger partial charge in [-0.25, -0.2) is 4.39 Å². The Balaban J connectivity index is 2.92. The van der Waals surface area contributed by atoms with Crippen molar-refractivity contribution < 1.29 is 9.18 Å². The van der Waals surface area contributed by atoms with Gasteiger partial charge in [0.2, 0.25) is 0 Å². The molecule has 0 amide bonds. The minimum atomic E-state index is -0.315. The molecule has 0 aliphatic rings. The quantitative estimate of drug-likeness (QED) is 0.689. The first-order valence-corrected chi connectivity index (χ1v) is 7.13. The van der Waals surface area contributed by atoms with Gasteiger partial charge >= 0.3 is 0 Å².